The fourth-order valence-electron chi connectivity index (χ4n) is 2.13. The van der Waals surface area contributed by atoms with Gasteiger partial charge in [-0.05, 0) is 37.1 Å². The Morgan fingerprint density at radius 1 is 1.29 bits per heavy atom. The van der Waals surface area contributed by atoms with Crippen molar-refractivity contribution in [1.82, 2.24) is 9.78 Å². The van der Waals surface area contributed by atoms with Gasteiger partial charge in [-0.15, -0.1) is 0 Å². The van der Waals surface area contributed by atoms with E-state index in [-0.39, 0.29) is 5.56 Å². The number of aryl methyl sites for hydroxylation is 2. The van der Waals surface area contributed by atoms with E-state index in [0.717, 1.165) is 18.5 Å². The van der Waals surface area contributed by atoms with Crippen molar-refractivity contribution in [2.24, 2.45) is 0 Å². The van der Waals surface area contributed by atoms with Gasteiger partial charge < -0.3 is 9.84 Å². The molecule has 0 fully saturated rings. The first-order chi connectivity index (χ1) is 10.1. The fraction of sp³-hybridized carbons (Fsp3) is 0.375. The number of carboxylic acid groups (broad SMARTS) is 1. The first-order valence-electron chi connectivity index (χ1n) is 7.15. The number of carbonyl (C=O) groups is 1. The molecule has 0 spiro atoms. The van der Waals surface area contributed by atoms with Gasteiger partial charge in [-0.3, -0.25) is 4.68 Å². The van der Waals surface area contributed by atoms with Crippen LogP contribution in [0.1, 0.15) is 35.6 Å². The van der Waals surface area contributed by atoms with E-state index < -0.39 is 5.97 Å². The van der Waals surface area contributed by atoms with Gasteiger partial charge in [0.15, 0.2) is 0 Å². The average Bonchev–Trinajstić information content (AvgIpc) is 2.90. The highest BCUT2D eigenvalue weighted by Crippen LogP contribution is 2.14. The smallest absolute Gasteiger partial charge is 0.335 e. The molecule has 0 unspecified atom stereocenters. The van der Waals surface area contributed by atoms with E-state index in [2.05, 4.69) is 25.0 Å². The molecule has 0 saturated heterocycles. The highest BCUT2D eigenvalue weighted by atomic mass is 16.5. The third-order valence-electron chi connectivity index (χ3n) is 3.29. The van der Waals surface area contributed by atoms with E-state index in [4.69, 9.17) is 9.84 Å². The second-order valence-electron chi connectivity index (χ2n) is 4.74. The molecule has 1 aromatic heterocycles. The fourth-order valence-corrected chi connectivity index (χ4v) is 2.13. The van der Waals surface area contributed by atoms with Gasteiger partial charge in [0.05, 0.1) is 17.8 Å². The number of aromatic carboxylic acids is 1. The molecule has 0 aliphatic rings. The number of ether oxygens (including phenoxy) is 1. The zero-order chi connectivity index (χ0) is 15.2. The summed E-state index contributed by atoms with van der Waals surface area (Å²) >= 11 is 0. The molecule has 5 nitrogen and oxygen atoms in total. The van der Waals surface area contributed by atoms with Crippen LogP contribution >= 0.6 is 0 Å². The SMILES string of the molecule is CCc1cc(CC)n(CCOc2cccc(C(=O)O)c2)n1. The van der Waals surface area contributed by atoms with Crippen LogP contribution in [-0.2, 0) is 19.4 Å². The first-order valence-corrected chi connectivity index (χ1v) is 7.15. The number of nitrogens with zero attached hydrogens (tertiary/aromatic N) is 2. The molecule has 2 rings (SSSR count). The maximum atomic E-state index is 10.9. The molecule has 0 radical (unpaired) electrons. The normalized spacial score (nSPS) is 10.6. The zero-order valence-corrected chi connectivity index (χ0v) is 12.4. The van der Waals surface area contributed by atoms with Crippen LogP contribution in [-0.4, -0.2) is 27.5 Å². The van der Waals surface area contributed by atoms with Crippen LogP contribution in [0.25, 0.3) is 0 Å². The Hall–Kier alpha value is -2.30. The minimum Gasteiger partial charge on any atom is -0.492 e. The zero-order valence-electron chi connectivity index (χ0n) is 12.4. The van der Waals surface area contributed by atoms with Crippen LogP contribution in [0, 0.1) is 0 Å². The number of rotatable bonds is 7. The number of hydrogen-bond acceptors (Lipinski definition) is 3. The predicted octanol–water partition coefficient (Wildman–Crippen LogP) is 2.79. The Bertz CT molecular complexity index is 620. The van der Waals surface area contributed by atoms with Gasteiger partial charge >= 0.3 is 5.97 Å². The molecule has 112 valence electrons. The van der Waals surface area contributed by atoms with Gasteiger partial charge in [0.25, 0.3) is 0 Å². The lowest BCUT2D eigenvalue weighted by molar-refractivity contribution is 0.0696. The number of benzene rings is 1. The van der Waals surface area contributed by atoms with E-state index in [0.29, 0.717) is 18.9 Å². The van der Waals surface area contributed by atoms with Gasteiger partial charge in [0, 0.05) is 5.69 Å². The lowest BCUT2D eigenvalue weighted by atomic mass is 10.2. The van der Waals surface area contributed by atoms with Crippen LogP contribution in [0.3, 0.4) is 0 Å². The van der Waals surface area contributed by atoms with Crippen molar-refractivity contribution in [3.8, 4) is 5.75 Å². The molecule has 2 aromatic rings. The third kappa shape index (κ3) is 3.84. The summed E-state index contributed by atoms with van der Waals surface area (Å²) in [7, 11) is 0. The molecule has 0 saturated carbocycles. The standard InChI is InChI=1S/C16H20N2O3/c1-3-13-11-14(4-2)18(17-13)8-9-21-15-7-5-6-12(10-15)16(19)20/h5-7,10-11H,3-4,8-9H2,1-2H3,(H,19,20). The van der Waals surface area contributed by atoms with Gasteiger partial charge in [-0.1, -0.05) is 19.9 Å². The highest BCUT2D eigenvalue weighted by molar-refractivity contribution is 5.87. The molecular formula is C16H20N2O3. The molecule has 0 bridgehead atoms. The molecule has 1 heterocycles. The van der Waals surface area contributed by atoms with Crippen molar-refractivity contribution in [3.63, 3.8) is 0 Å². The summed E-state index contributed by atoms with van der Waals surface area (Å²) in [5, 5.41) is 13.5. The molecule has 0 amide bonds. The first kappa shape index (κ1) is 15.1. The lowest BCUT2D eigenvalue weighted by Crippen LogP contribution is -2.12. The topological polar surface area (TPSA) is 64.3 Å². The molecule has 1 N–H and O–H groups in total. The maximum absolute atomic E-state index is 10.9. The van der Waals surface area contributed by atoms with E-state index in [1.165, 1.54) is 11.8 Å². The Kier molecular flexibility index (Phi) is 4.98. The van der Waals surface area contributed by atoms with Crippen molar-refractivity contribution in [3.05, 3.63) is 47.3 Å². The van der Waals surface area contributed by atoms with Gasteiger partial charge in [0.1, 0.15) is 12.4 Å². The molecule has 1 aromatic carbocycles. The van der Waals surface area contributed by atoms with Gasteiger partial charge in [0.2, 0.25) is 0 Å². The molecule has 0 aliphatic carbocycles. The summed E-state index contributed by atoms with van der Waals surface area (Å²) in [6.07, 6.45) is 1.85. The summed E-state index contributed by atoms with van der Waals surface area (Å²) in [6, 6.07) is 8.63. The molecule has 0 aliphatic heterocycles. The molecule has 5 heteroatoms. The summed E-state index contributed by atoms with van der Waals surface area (Å²) in [5.41, 5.74) is 2.50. The van der Waals surface area contributed by atoms with Crippen LogP contribution in [0.2, 0.25) is 0 Å². The largest absolute Gasteiger partial charge is 0.492 e. The van der Waals surface area contributed by atoms with E-state index in [9.17, 15) is 4.79 Å². The van der Waals surface area contributed by atoms with Crippen LogP contribution < -0.4 is 4.74 Å². The Labute approximate surface area is 124 Å². The lowest BCUT2D eigenvalue weighted by Gasteiger charge is -2.09. The van der Waals surface area contributed by atoms with Crippen LogP contribution in [0.5, 0.6) is 5.75 Å². The molecule has 0 atom stereocenters. The third-order valence-corrected chi connectivity index (χ3v) is 3.29. The molecule has 21 heavy (non-hydrogen) atoms. The summed E-state index contributed by atoms with van der Waals surface area (Å²) < 4.78 is 7.58. The Balaban J connectivity index is 1.96. The Morgan fingerprint density at radius 2 is 2.10 bits per heavy atom. The van der Waals surface area contributed by atoms with E-state index in [1.807, 2.05) is 4.68 Å². The van der Waals surface area contributed by atoms with Crippen LogP contribution in [0.4, 0.5) is 0 Å². The quantitative estimate of drug-likeness (QED) is 0.851. The summed E-state index contributed by atoms with van der Waals surface area (Å²) in [6.45, 7) is 5.30. The number of aromatic nitrogens is 2. The van der Waals surface area contributed by atoms with Crippen LogP contribution in [0.15, 0.2) is 30.3 Å². The minimum atomic E-state index is -0.951. The summed E-state index contributed by atoms with van der Waals surface area (Å²) in [4.78, 5) is 10.9. The number of hydrogen-bond donors (Lipinski definition) is 1. The van der Waals surface area contributed by atoms with Crippen molar-refractivity contribution in [1.29, 1.82) is 0 Å². The van der Waals surface area contributed by atoms with E-state index >= 15 is 0 Å². The second-order valence-corrected chi connectivity index (χ2v) is 4.74. The Morgan fingerprint density at radius 3 is 2.76 bits per heavy atom. The van der Waals surface area contributed by atoms with Gasteiger partial charge in [-0.2, -0.15) is 5.10 Å². The second kappa shape index (κ2) is 6.92. The average molecular weight is 288 g/mol. The van der Waals surface area contributed by atoms with Crippen molar-refractivity contribution >= 4 is 5.97 Å². The predicted molar refractivity (Wildman–Crippen MR) is 79.9 cm³/mol. The van der Waals surface area contributed by atoms with Crippen molar-refractivity contribution in [2.45, 2.75) is 33.2 Å². The van der Waals surface area contributed by atoms with Crippen molar-refractivity contribution < 1.29 is 14.6 Å². The highest BCUT2D eigenvalue weighted by Gasteiger charge is 2.06. The minimum absolute atomic E-state index is 0.231. The maximum Gasteiger partial charge on any atom is 0.335 e. The number of carboxylic acids is 1. The van der Waals surface area contributed by atoms with Gasteiger partial charge in [-0.25, -0.2) is 4.79 Å². The van der Waals surface area contributed by atoms with Crippen molar-refractivity contribution in [2.75, 3.05) is 6.61 Å². The monoisotopic (exact) mass is 288 g/mol. The summed E-state index contributed by atoms with van der Waals surface area (Å²) in [5.74, 6) is -0.385. The van der Waals surface area contributed by atoms with E-state index in [1.54, 1.807) is 18.2 Å². The molecular weight excluding hydrogens is 268 g/mol.